The van der Waals surface area contributed by atoms with Crippen LogP contribution in [0.15, 0.2) is 48.5 Å². The van der Waals surface area contributed by atoms with Gasteiger partial charge in [0, 0.05) is 25.2 Å². The van der Waals surface area contributed by atoms with Crippen molar-refractivity contribution in [2.24, 2.45) is 5.92 Å². The quantitative estimate of drug-likeness (QED) is 0.392. The summed E-state index contributed by atoms with van der Waals surface area (Å²) in [6.07, 6.45) is -3.38. The molecule has 0 aliphatic carbocycles. The summed E-state index contributed by atoms with van der Waals surface area (Å²) in [7, 11) is 3.12. The number of methoxy groups -OCH3 is 2. The molecule has 3 heterocycles. The van der Waals surface area contributed by atoms with Crippen molar-refractivity contribution in [1.29, 1.82) is 0 Å². The predicted octanol–water partition coefficient (Wildman–Crippen LogP) is 5.01. The van der Waals surface area contributed by atoms with E-state index in [1.807, 2.05) is 0 Å². The Morgan fingerprint density at radius 2 is 1.84 bits per heavy atom. The Bertz CT molecular complexity index is 1420. The number of carbonyl (C=O) groups is 1. The predicted molar refractivity (Wildman–Crippen MR) is 130 cm³/mol. The third-order valence-electron chi connectivity index (χ3n) is 6.74. The molecule has 1 fully saturated rings. The minimum atomic E-state index is -4.54. The molecule has 0 saturated carbocycles. The summed E-state index contributed by atoms with van der Waals surface area (Å²) in [5.41, 5.74) is 2.35. The van der Waals surface area contributed by atoms with Crippen molar-refractivity contribution in [2.75, 3.05) is 27.3 Å². The second-order valence-electron chi connectivity index (χ2n) is 9.00. The van der Waals surface area contributed by atoms with E-state index in [1.165, 1.54) is 4.57 Å². The smallest absolute Gasteiger partial charge is 0.449 e. The summed E-state index contributed by atoms with van der Waals surface area (Å²) in [4.78, 5) is 18.7. The molecule has 37 heavy (non-hydrogen) atoms. The number of aromatic nitrogens is 4. The first-order valence-electron chi connectivity index (χ1n) is 11.9. The number of nitrogens with zero attached hydrogens (tertiary/aromatic N) is 4. The fraction of sp³-hybridized carbons (Fsp3) is 0.346. The maximum absolute atomic E-state index is 13.7. The maximum Gasteiger partial charge on any atom is 0.449 e. The lowest BCUT2D eigenvalue weighted by Gasteiger charge is -2.32. The van der Waals surface area contributed by atoms with E-state index in [9.17, 15) is 18.0 Å². The van der Waals surface area contributed by atoms with E-state index < -0.39 is 12.0 Å². The third-order valence-corrected chi connectivity index (χ3v) is 6.74. The molecule has 1 saturated heterocycles. The van der Waals surface area contributed by atoms with Gasteiger partial charge >= 0.3 is 6.18 Å². The number of benzene rings is 2. The highest BCUT2D eigenvalue weighted by molar-refractivity contribution is 5.93. The van der Waals surface area contributed by atoms with E-state index in [-0.39, 0.29) is 18.4 Å². The molecule has 8 nitrogen and oxygen atoms in total. The summed E-state index contributed by atoms with van der Waals surface area (Å²) in [5.74, 6) is 0.125. The Kier molecular flexibility index (Phi) is 6.53. The molecule has 2 aromatic heterocycles. The zero-order valence-corrected chi connectivity index (χ0v) is 20.4. The molecule has 1 aliphatic rings. The van der Waals surface area contributed by atoms with Gasteiger partial charge in [0.25, 0.3) is 5.91 Å². The van der Waals surface area contributed by atoms with Gasteiger partial charge in [-0.3, -0.25) is 9.89 Å². The van der Waals surface area contributed by atoms with Crippen LogP contribution in [0.2, 0.25) is 0 Å². The average Bonchev–Trinajstić information content (AvgIpc) is 3.54. The number of nitrogens with one attached hydrogen (secondary N) is 1. The molecular weight excluding hydrogens is 487 g/mol. The average molecular weight is 514 g/mol. The first-order valence-corrected chi connectivity index (χ1v) is 11.9. The number of hydrogen-bond donors (Lipinski definition) is 1. The number of piperidine rings is 1. The van der Waals surface area contributed by atoms with Crippen LogP contribution in [0.3, 0.4) is 0 Å². The number of imidazole rings is 1. The van der Waals surface area contributed by atoms with Gasteiger partial charge in [0.05, 0.1) is 30.9 Å². The van der Waals surface area contributed by atoms with Crippen LogP contribution in [-0.2, 0) is 12.7 Å². The van der Waals surface area contributed by atoms with Gasteiger partial charge in [-0.1, -0.05) is 12.1 Å². The van der Waals surface area contributed by atoms with E-state index in [4.69, 9.17) is 9.47 Å². The number of alkyl halides is 3. The molecule has 0 atom stereocenters. The third kappa shape index (κ3) is 4.85. The van der Waals surface area contributed by atoms with Gasteiger partial charge in [-0.15, -0.1) is 0 Å². The Labute approximate surface area is 211 Å². The fourth-order valence-electron chi connectivity index (χ4n) is 4.81. The number of para-hydroxylation sites is 2. The Balaban J connectivity index is 1.28. The SMILES string of the molecule is COc1ccc(OC)c(-c2cc(C(=O)N3CCC(Cn4c(C(F)(F)F)nc5ccccc54)CC3)[nH]n2)c1. The monoisotopic (exact) mass is 513 g/mol. The Morgan fingerprint density at radius 1 is 1.08 bits per heavy atom. The number of amides is 1. The van der Waals surface area contributed by atoms with Crippen molar-refractivity contribution in [1.82, 2.24) is 24.6 Å². The van der Waals surface area contributed by atoms with Crippen LogP contribution in [0.1, 0.15) is 29.2 Å². The van der Waals surface area contributed by atoms with Gasteiger partial charge in [-0.25, -0.2) is 4.98 Å². The van der Waals surface area contributed by atoms with Crippen molar-refractivity contribution < 1.29 is 27.4 Å². The number of aromatic amines is 1. The number of H-pyrrole nitrogens is 1. The van der Waals surface area contributed by atoms with Crippen molar-refractivity contribution in [3.63, 3.8) is 0 Å². The van der Waals surface area contributed by atoms with Crippen LogP contribution in [0.5, 0.6) is 11.5 Å². The van der Waals surface area contributed by atoms with Gasteiger partial charge < -0.3 is 18.9 Å². The van der Waals surface area contributed by atoms with Gasteiger partial charge in [-0.2, -0.15) is 18.3 Å². The van der Waals surface area contributed by atoms with Crippen LogP contribution in [-0.4, -0.2) is 57.9 Å². The molecule has 0 bridgehead atoms. The Morgan fingerprint density at radius 3 is 2.54 bits per heavy atom. The summed E-state index contributed by atoms with van der Waals surface area (Å²) in [5, 5.41) is 7.09. The highest BCUT2D eigenvalue weighted by atomic mass is 19.4. The number of ether oxygens (including phenoxy) is 2. The minimum Gasteiger partial charge on any atom is -0.497 e. The summed E-state index contributed by atoms with van der Waals surface area (Å²) >= 11 is 0. The topological polar surface area (TPSA) is 85.3 Å². The van der Waals surface area contributed by atoms with Crippen LogP contribution < -0.4 is 9.47 Å². The number of carbonyl (C=O) groups excluding carboxylic acids is 1. The molecular formula is C26H26F3N5O3. The van der Waals surface area contributed by atoms with Crippen molar-refractivity contribution in [3.05, 3.63) is 60.0 Å². The van der Waals surface area contributed by atoms with Crippen molar-refractivity contribution in [3.8, 4) is 22.8 Å². The molecule has 4 aromatic rings. The van der Waals surface area contributed by atoms with Crippen molar-refractivity contribution in [2.45, 2.75) is 25.6 Å². The number of rotatable bonds is 6. The second-order valence-corrected chi connectivity index (χ2v) is 9.00. The fourth-order valence-corrected chi connectivity index (χ4v) is 4.81. The lowest BCUT2D eigenvalue weighted by atomic mass is 9.96. The highest BCUT2D eigenvalue weighted by Gasteiger charge is 2.38. The minimum absolute atomic E-state index is 0.0128. The van der Waals surface area contributed by atoms with Crippen LogP contribution in [0, 0.1) is 5.92 Å². The highest BCUT2D eigenvalue weighted by Crippen LogP contribution is 2.34. The number of fused-ring (bicyclic) bond motifs is 1. The van der Waals surface area contributed by atoms with Crippen LogP contribution in [0.4, 0.5) is 13.2 Å². The van der Waals surface area contributed by atoms with E-state index >= 15 is 0 Å². The molecule has 1 aliphatic heterocycles. The van der Waals surface area contributed by atoms with Gasteiger partial charge in [0.1, 0.15) is 17.2 Å². The number of hydrogen-bond acceptors (Lipinski definition) is 5. The molecule has 11 heteroatoms. The number of halogens is 3. The van der Waals surface area contributed by atoms with Crippen LogP contribution >= 0.6 is 0 Å². The summed E-state index contributed by atoms with van der Waals surface area (Å²) < 4.78 is 52.9. The number of likely N-dealkylation sites (tertiary alicyclic amines) is 1. The van der Waals surface area contributed by atoms with Crippen LogP contribution in [0.25, 0.3) is 22.3 Å². The van der Waals surface area contributed by atoms with Gasteiger partial charge in [0.15, 0.2) is 0 Å². The van der Waals surface area contributed by atoms with Crippen molar-refractivity contribution >= 4 is 16.9 Å². The zero-order chi connectivity index (χ0) is 26.2. The second kappa shape index (κ2) is 9.79. The molecule has 0 radical (unpaired) electrons. The normalized spacial score (nSPS) is 14.8. The molecule has 2 aromatic carbocycles. The van der Waals surface area contributed by atoms with Gasteiger partial charge in [0.2, 0.25) is 5.82 Å². The molecule has 1 N–H and O–H groups in total. The lowest BCUT2D eigenvalue weighted by Crippen LogP contribution is -2.39. The molecule has 0 unspecified atom stereocenters. The Hall–Kier alpha value is -4.02. The molecule has 1 amide bonds. The standard InChI is InChI=1S/C26H26F3N5O3/c1-36-17-7-8-23(37-2)18(13-17)20-14-21(32-31-20)24(35)33-11-9-16(10-12-33)15-34-22-6-4-3-5-19(22)30-25(34)26(27,28)29/h3-8,13-14,16H,9-12,15H2,1-2H3,(H,31,32). The largest absolute Gasteiger partial charge is 0.497 e. The first-order chi connectivity index (χ1) is 17.8. The lowest BCUT2D eigenvalue weighted by molar-refractivity contribution is -0.147. The van der Waals surface area contributed by atoms with E-state index in [0.29, 0.717) is 65.4 Å². The van der Waals surface area contributed by atoms with E-state index in [0.717, 1.165) is 0 Å². The molecule has 5 rings (SSSR count). The first kappa shape index (κ1) is 24.7. The molecule has 0 spiro atoms. The zero-order valence-electron chi connectivity index (χ0n) is 20.4. The van der Waals surface area contributed by atoms with Gasteiger partial charge in [-0.05, 0) is 55.2 Å². The van der Waals surface area contributed by atoms with E-state index in [1.54, 1.807) is 67.7 Å². The maximum atomic E-state index is 13.7. The van der Waals surface area contributed by atoms with E-state index in [2.05, 4.69) is 15.2 Å². The summed E-state index contributed by atoms with van der Waals surface area (Å²) in [6, 6.07) is 13.6. The summed E-state index contributed by atoms with van der Waals surface area (Å²) in [6.45, 7) is 1.07. The molecule has 194 valence electrons.